The van der Waals surface area contributed by atoms with Gasteiger partial charge < -0.3 is 10.6 Å². The largest absolute Gasteiger partial charge is 0.350 e. The predicted octanol–water partition coefficient (Wildman–Crippen LogP) is 5.54. The summed E-state index contributed by atoms with van der Waals surface area (Å²) < 4.78 is 1.07. The lowest BCUT2D eigenvalue weighted by atomic mass is 10.1. The second-order valence-electron chi connectivity index (χ2n) is 7.28. The lowest BCUT2D eigenvalue weighted by molar-refractivity contribution is -0.120. The SMILES string of the molecule is CCc1ccccc1N1C(=O)C(Cl)=C(Nc2ccc(C(=O)Nc3ccc(I)cc3)cc2)C1=O. The maximum Gasteiger partial charge on any atom is 0.283 e. The van der Waals surface area contributed by atoms with Gasteiger partial charge in [0.15, 0.2) is 0 Å². The summed E-state index contributed by atoms with van der Waals surface area (Å²) in [6.45, 7) is 1.95. The van der Waals surface area contributed by atoms with E-state index >= 15 is 0 Å². The van der Waals surface area contributed by atoms with Gasteiger partial charge in [0.1, 0.15) is 10.7 Å². The monoisotopic (exact) mass is 571 g/mol. The van der Waals surface area contributed by atoms with Crippen molar-refractivity contribution in [1.29, 1.82) is 0 Å². The molecule has 0 unspecified atom stereocenters. The standard InChI is InChI=1S/C25H19ClIN3O3/c1-2-15-5-3-4-6-20(15)30-24(32)21(26)22(25(30)33)28-18-11-7-16(8-12-18)23(31)29-19-13-9-17(27)10-14-19/h3-14,28H,2H2,1H3,(H,29,31). The van der Waals surface area contributed by atoms with Crippen molar-refractivity contribution in [3.8, 4) is 0 Å². The molecule has 4 rings (SSSR count). The topological polar surface area (TPSA) is 78.5 Å². The van der Waals surface area contributed by atoms with Crippen LogP contribution in [0.3, 0.4) is 0 Å². The Bertz CT molecular complexity index is 1270. The minimum absolute atomic E-state index is 0.00339. The van der Waals surface area contributed by atoms with Gasteiger partial charge in [0.2, 0.25) is 0 Å². The summed E-state index contributed by atoms with van der Waals surface area (Å²) in [7, 11) is 0. The van der Waals surface area contributed by atoms with Crippen molar-refractivity contribution in [2.24, 2.45) is 0 Å². The van der Waals surface area contributed by atoms with Crippen molar-refractivity contribution in [1.82, 2.24) is 0 Å². The number of amides is 3. The number of aryl methyl sites for hydroxylation is 1. The van der Waals surface area contributed by atoms with Crippen LogP contribution in [0.15, 0.2) is 83.5 Å². The fraction of sp³-hybridized carbons (Fsp3) is 0.0800. The van der Waals surface area contributed by atoms with Crippen molar-refractivity contribution in [3.63, 3.8) is 0 Å². The van der Waals surface area contributed by atoms with Crippen molar-refractivity contribution in [2.75, 3.05) is 15.5 Å². The molecule has 166 valence electrons. The molecule has 3 amide bonds. The van der Waals surface area contributed by atoms with Crippen molar-refractivity contribution in [2.45, 2.75) is 13.3 Å². The van der Waals surface area contributed by atoms with Gasteiger partial charge in [-0.25, -0.2) is 4.90 Å². The van der Waals surface area contributed by atoms with E-state index in [1.165, 1.54) is 0 Å². The van der Waals surface area contributed by atoms with Gasteiger partial charge in [0, 0.05) is 20.5 Å². The lowest BCUT2D eigenvalue weighted by Gasteiger charge is -2.18. The number of carbonyl (C=O) groups is 3. The van der Waals surface area contributed by atoms with Crippen LogP contribution in [-0.2, 0) is 16.0 Å². The molecule has 0 spiro atoms. The van der Waals surface area contributed by atoms with Crippen LogP contribution in [0.5, 0.6) is 0 Å². The summed E-state index contributed by atoms with van der Waals surface area (Å²) in [5.74, 6) is -1.35. The van der Waals surface area contributed by atoms with Crippen LogP contribution >= 0.6 is 34.2 Å². The van der Waals surface area contributed by atoms with Gasteiger partial charge in [-0.05, 0) is 89.2 Å². The molecule has 8 heteroatoms. The van der Waals surface area contributed by atoms with Gasteiger partial charge in [-0.2, -0.15) is 0 Å². The molecule has 0 atom stereocenters. The molecule has 1 heterocycles. The molecule has 1 aliphatic rings. The van der Waals surface area contributed by atoms with Gasteiger partial charge in [0.25, 0.3) is 17.7 Å². The van der Waals surface area contributed by atoms with E-state index in [0.29, 0.717) is 29.0 Å². The molecule has 1 aliphatic heterocycles. The smallest absolute Gasteiger partial charge is 0.283 e. The van der Waals surface area contributed by atoms with Gasteiger partial charge in [-0.15, -0.1) is 0 Å². The van der Waals surface area contributed by atoms with Gasteiger partial charge in [-0.1, -0.05) is 36.7 Å². The van der Waals surface area contributed by atoms with E-state index in [9.17, 15) is 14.4 Å². The van der Waals surface area contributed by atoms with Crippen LogP contribution < -0.4 is 15.5 Å². The molecule has 0 saturated heterocycles. The quantitative estimate of drug-likeness (QED) is 0.301. The van der Waals surface area contributed by atoms with E-state index < -0.39 is 11.8 Å². The predicted molar refractivity (Wildman–Crippen MR) is 138 cm³/mol. The number of carbonyl (C=O) groups excluding carboxylic acids is 3. The second kappa shape index (κ2) is 9.76. The highest BCUT2D eigenvalue weighted by Gasteiger charge is 2.39. The number of hydrogen-bond donors (Lipinski definition) is 2. The van der Waals surface area contributed by atoms with Crippen LogP contribution in [0.25, 0.3) is 0 Å². The zero-order chi connectivity index (χ0) is 23.5. The van der Waals surface area contributed by atoms with Crippen LogP contribution in [-0.4, -0.2) is 17.7 Å². The molecule has 0 saturated carbocycles. The number of imide groups is 1. The number of hydrogen-bond acceptors (Lipinski definition) is 4. The Morgan fingerprint density at radius 1 is 0.909 bits per heavy atom. The fourth-order valence-corrected chi connectivity index (χ4v) is 4.02. The average Bonchev–Trinajstić information content (AvgIpc) is 3.04. The highest BCUT2D eigenvalue weighted by Crippen LogP contribution is 2.32. The van der Waals surface area contributed by atoms with Crippen LogP contribution in [0, 0.1) is 3.57 Å². The summed E-state index contributed by atoms with van der Waals surface area (Å²) in [6, 6.07) is 21.3. The third-order valence-corrected chi connectivity index (χ3v) is 6.23. The van der Waals surface area contributed by atoms with Crippen molar-refractivity contribution in [3.05, 3.63) is 98.2 Å². The molecule has 0 fully saturated rings. The summed E-state index contributed by atoms with van der Waals surface area (Å²) in [6.07, 6.45) is 0.666. The van der Waals surface area contributed by atoms with E-state index in [4.69, 9.17) is 11.6 Å². The third-order valence-electron chi connectivity index (χ3n) is 5.16. The summed E-state index contributed by atoms with van der Waals surface area (Å²) >= 11 is 8.43. The molecule has 3 aromatic carbocycles. The first-order valence-corrected chi connectivity index (χ1v) is 11.6. The van der Waals surface area contributed by atoms with E-state index in [1.54, 1.807) is 36.4 Å². The van der Waals surface area contributed by atoms with Gasteiger partial charge >= 0.3 is 0 Å². The fourth-order valence-electron chi connectivity index (χ4n) is 3.44. The van der Waals surface area contributed by atoms with E-state index in [2.05, 4.69) is 33.2 Å². The van der Waals surface area contributed by atoms with Crippen LogP contribution in [0.1, 0.15) is 22.8 Å². The van der Waals surface area contributed by atoms with Gasteiger partial charge in [0.05, 0.1) is 5.69 Å². The first kappa shape index (κ1) is 23.0. The van der Waals surface area contributed by atoms with Crippen molar-refractivity contribution < 1.29 is 14.4 Å². The van der Waals surface area contributed by atoms with Crippen LogP contribution in [0.2, 0.25) is 0 Å². The Balaban J connectivity index is 1.49. The molecule has 2 N–H and O–H groups in total. The number of anilines is 3. The number of benzene rings is 3. The zero-order valence-corrected chi connectivity index (χ0v) is 20.5. The van der Waals surface area contributed by atoms with E-state index in [1.807, 2.05) is 43.3 Å². The highest BCUT2D eigenvalue weighted by atomic mass is 127. The minimum atomic E-state index is -0.571. The first-order chi connectivity index (χ1) is 15.9. The zero-order valence-electron chi connectivity index (χ0n) is 17.6. The second-order valence-corrected chi connectivity index (χ2v) is 8.90. The number of nitrogens with one attached hydrogen (secondary N) is 2. The van der Waals surface area contributed by atoms with E-state index in [-0.39, 0.29) is 16.6 Å². The number of nitrogens with zero attached hydrogens (tertiary/aromatic N) is 1. The highest BCUT2D eigenvalue weighted by molar-refractivity contribution is 14.1. The summed E-state index contributed by atoms with van der Waals surface area (Å²) in [5.41, 5.74) is 3.07. The normalized spacial score (nSPS) is 13.5. The Morgan fingerprint density at radius 3 is 2.21 bits per heavy atom. The molecular formula is C25H19ClIN3O3. The molecule has 6 nitrogen and oxygen atoms in total. The van der Waals surface area contributed by atoms with E-state index in [0.717, 1.165) is 14.0 Å². The third kappa shape index (κ3) is 4.79. The Hall–Kier alpha value is -3.17. The molecule has 0 aromatic heterocycles. The first-order valence-electron chi connectivity index (χ1n) is 10.2. The summed E-state index contributed by atoms with van der Waals surface area (Å²) in [5, 5.41) is 5.59. The lowest BCUT2D eigenvalue weighted by Crippen LogP contribution is -2.33. The number of halogens is 2. The number of rotatable bonds is 6. The number of para-hydroxylation sites is 1. The van der Waals surface area contributed by atoms with Gasteiger partial charge in [-0.3, -0.25) is 14.4 Å². The molecule has 0 bridgehead atoms. The van der Waals surface area contributed by atoms with Crippen LogP contribution in [0.4, 0.5) is 17.1 Å². The molecule has 0 radical (unpaired) electrons. The Labute approximate surface area is 209 Å². The summed E-state index contributed by atoms with van der Waals surface area (Å²) in [4.78, 5) is 39.4. The molecule has 3 aromatic rings. The average molecular weight is 572 g/mol. The van der Waals surface area contributed by atoms with Crippen molar-refractivity contribution >= 4 is 69.0 Å². The maximum atomic E-state index is 13.0. The minimum Gasteiger partial charge on any atom is -0.350 e. The Morgan fingerprint density at radius 2 is 1.55 bits per heavy atom. The Kier molecular flexibility index (Phi) is 6.80. The molecule has 0 aliphatic carbocycles. The maximum absolute atomic E-state index is 13.0. The molecule has 33 heavy (non-hydrogen) atoms. The molecular weight excluding hydrogens is 553 g/mol.